The Hall–Kier alpha value is 0.780. The van der Waals surface area contributed by atoms with Crippen LogP contribution in [0.1, 0.15) is 2.85 Å². The first-order valence-electron chi connectivity index (χ1n) is 0. The fraction of sp³-hybridized carbons (Fsp3) is 0. The Labute approximate surface area is 106 Å². The molecule has 0 atom stereocenters. The molecule has 0 bridgehead atoms. The quantitative estimate of drug-likeness (QED) is 0.364. The van der Waals surface area contributed by atoms with Crippen molar-refractivity contribution in [3.8, 4) is 0 Å². The molecule has 13 heavy (non-hydrogen) atoms. The van der Waals surface area contributed by atoms with Gasteiger partial charge in [-0.05, 0) is 0 Å². The molecule has 0 aromatic heterocycles. The first kappa shape index (κ1) is 3700. The van der Waals surface area contributed by atoms with Gasteiger partial charge >= 0.3 is 37.7 Å². The number of hydrogen-bond donors (Lipinski definition) is 0. The van der Waals surface area contributed by atoms with E-state index in [0.29, 0.717) is 0 Å². The van der Waals surface area contributed by atoms with Crippen LogP contribution in [0.5, 0.6) is 0 Å². The zero-order valence-corrected chi connectivity index (χ0v) is 8.92. The smallest absolute Gasteiger partial charge is 1.00 e. The van der Waals surface area contributed by atoms with Crippen molar-refractivity contribution in [1.82, 2.24) is 0 Å². The molecule has 0 aliphatic rings. The Morgan fingerprint density at radius 2 is 0.231 bits per heavy atom. The van der Waals surface area contributed by atoms with E-state index in [1.165, 1.54) is 0 Å². The van der Waals surface area contributed by atoms with Crippen molar-refractivity contribution in [3.05, 3.63) is 0 Å². The van der Waals surface area contributed by atoms with E-state index in [9.17, 15) is 0 Å². The minimum absolute atomic E-state index is 0. The summed E-state index contributed by atoms with van der Waals surface area (Å²) in [6, 6.07) is 0. The minimum atomic E-state index is 0. The molecule has 0 saturated carbocycles. The summed E-state index contributed by atoms with van der Waals surface area (Å²) in [5, 5.41) is 0. The Kier molecular flexibility index (Phi) is 830000. The zero-order chi connectivity index (χ0) is 0. The molecule has 0 spiro atoms. The summed E-state index contributed by atoms with van der Waals surface area (Å²) in [5.41, 5.74) is 0. The van der Waals surface area contributed by atoms with E-state index in [2.05, 4.69) is 0 Å². The SMILES string of the molecule is O.O.O.O.O.O.O.O.O.O.O.O.[Ca+2].[H-].[H-]. The number of hydrogen-bond acceptors (Lipinski definition) is 0. The van der Waals surface area contributed by atoms with Crippen LogP contribution < -0.4 is 0 Å². The van der Waals surface area contributed by atoms with Gasteiger partial charge in [0.1, 0.15) is 0 Å². The van der Waals surface area contributed by atoms with Crippen molar-refractivity contribution >= 4 is 37.7 Å². The molecule has 0 radical (unpaired) electrons. The average Bonchev–Trinajstić information content (AvgIpc) is 0. The van der Waals surface area contributed by atoms with Gasteiger partial charge in [0, 0.05) is 0 Å². The molecule has 0 saturated heterocycles. The molecule has 0 rings (SSSR count). The maximum Gasteiger partial charge on any atom is 2.00 e. The summed E-state index contributed by atoms with van der Waals surface area (Å²) in [4.78, 5) is 0. The van der Waals surface area contributed by atoms with Gasteiger partial charge in [-0.15, -0.1) is 0 Å². The third kappa shape index (κ3) is 2440. The summed E-state index contributed by atoms with van der Waals surface area (Å²) in [6.45, 7) is 0. The van der Waals surface area contributed by atoms with Crippen LogP contribution in [0.3, 0.4) is 0 Å². The molecule has 100 valence electrons. The van der Waals surface area contributed by atoms with Crippen LogP contribution in [0, 0.1) is 0 Å². The molecular formula is H26CaO12. The van der Waals surface area contributed by atoms with E-state index in [1.54, 1.807) is 0 Å². The molecule has 12 nitrogen and oxygen atoms in total. The first-order chi connectivity index (χ1) is 0. The molecule has 0 aromatic rings. The van der Waals surface area contributed by atoms with Gasteiger partial charge in [-0.2, -0.15) is 0 Å². The Morgan fingerprint density at radius 3 is 0.231 bits per heavy atom. The third-order valence-electron chi connectivity index (χ3n) is 0. The fourth-order valence-corrected chi connectivity index (χ4v) is 0. The van der Waals surface area contributed by atoms with Crippen molar-refractivity contribution < 1.29 is 68.6 Å². The van der Waals surface area contributed by atoms with Crippen molar-refractivity contribution in [2.75, 3.05) is 0 Å². The largest absolute Gasteiger partial charge is 2.00 e. The molecule has 0 unspecified atom stereocenters. The summed E-state index contributed by atoms with van der Waals surface area (Å²) >= 11 is 0. The van der Waals surface area contributed by atoms with E-state index in [-0.39, 0.29) is 106 Å². The van der Waals surface area contributed by atoms with Crippen molar-refractivity contribution in [1.29, 1.82) is 0 Å². The predicted octanol–water partition coefficient (Wildman–Crippen LogP) is -10.1. The second-order valence-corrected chi connectivity index (χ2v) is 0. The Balaban J connectivity index is 0. The molecule has 0 aromatic carbocycles. The van der Waals surface area contributed by atoms with E-state index in [4.69, 9.17) is 0 Å². The van der Waals surface area contributed by atoms with E-state index in [1.807, 2.05) is 0 Å². The molecule has 0 heterocycles. The molecule has 13 heteroatoms. The maximum absolute atomic E-state index is 0. The molecular weight excluding hydrogens is 232 g/mol. The second-order valence-electron chi connectivity index (χ2n) is 0. The van der Waals surface area contributed by atoms with Crippen LogP contribution in [-0.2, 0) is 0 Å². The van der Waals surface area contributed by atoms with Crippen molar-refractivity contribution in [3.63, 3.8) is 0 Å². The monoisotopic (exact) mass is 258 g/mol. The van der Waals surface area contributed by atoms with E-state index < -0.39 is 0 Å². The van der Waals surface area contributed by atoms with Crippen LogP contribution in [0.15, 0.2) is 0 Å². The average molecular weight is 258 g/mol. The fourth-order valence-electron chi connectivity index (χ4n) is 0. The van der Waals surface area contributed by atoms with Crippen LogP contribution >= 0.6 is 0 Å². The van der Waals surface area contributed by atoms with Crippen LogP contribution in [-0.4, -0.2) is 103 Å². The topological polar surface area (TPSA) is 378 Å². The maximum atomic E-state index is 0. The van der Waals surface area contributed by atoms with E-state index in [0.717, 1.165) is 0 Å². The summed E-state index contributed by atoms with van der Waals surface area (Å²) < 4.78 is 0. The summed E-state index contributed by atoms with van der Waals surface area (Å²) in [7, 11) is 0. The van der Waals surface area contributed by atoms with Crippen molar-refractivity contribution in [2.24, 2.45) is 0 Å². The molecule has 0 aliphatic carbocycles. The van der Waals surface area contributed by atoms with Crippen molar-refractivity contribution in [2.45, 2.75) is 0 Å². The molecule has 0 fully saturated rings. The Bertz CT molecular complexity index is 13.6. The van der Waals surface area contributed by atoms with Gasteiger partial charge in [0.2, 0.25) is 0 Å². The van der Waals surface area contributed by atoms with Gasteiger partial charge in [0.15, 0.2) is 0 Å². The third-order valence-corrected chi connectivity index (χ3v) is 0. The summed E-state index contributed by atoms with van der Waals surface area (Å²) in [5.74, 6) is 0. The van der Waals surface area contributed by atoms with Gasteiger partial charge in [-0.1, -0.05) is 0 Å². The van der Waals surface area contributed by atoms with Gasteiger partial charge in [-0.25, -0.2) is 0 Å². The van der Waals surface area contributed by atoms with Gasteiger partial charge < -0.3 is 68.6 Å². The van der Waals surface area contributed by atoms with Crippen LogP contribution in [0.4, 0.5) is 0 Å². The second kappa shape index (κ2) is 2920. The van der Waals surface area contributed by atoms with Gasteiger partial charge in [0.05, 0.1) is 0 Å². The molecule has 0 aliphatic heterocycles. The zero-order valence-electron chi connectivity index (χ0n) is 8.71. The molecule has 0 amide bonds. The summed E-state index contributed by atoms with van der Waals surface area (Å²) in [6.07, 6.45) is 0. The first-order valence-corrected chi connectivity index (χ1v) is 0. The van der Waals surface area contributed by atoms with E-state index >= 15 is 0 Å². The predicted molar refractivity (Wildman–Crippen MR) is 51.3 cm³/mol. The van der Waals surface area contributed by atoms with Gasteiger partial charge in [0.25, 0.3) is 0 Å². The van der Waals surface area contributed by atoms with Crippen LogP contribution in [0.25, 0.3) is 0 Å². The van der Waals surface area contributed by atoms with Crippen LogP contribution in [0.2, 0.25) is 0 Å². The minimum Gasteiger partial charge on any atom is -1.00 e. The molecule has 24 N–H and O–H groups in total. The van der Waals surface area contributed by atoms with Gasteiger partial charge in [-0.3, -0.25) is 0 Å². The normalized spacial score (nSPS) is 0. The standard InChI is InChI=1S/Ca.12H2O.2H/h;12*1H2;;/q+2;;;;;;;;;;;;;2*-1. The Morgan fingerprint density at radius 1 is 0.231 bits per heavy atom. The number of rotatable bonds is 0.